The largest absolute Gasteiger partial charge is 0.411 e. The van der Waals surface area contributed by atoms with Crippen LogP contribution >= 0.6 is 24.8 Å². The van der Waals surface area contributed by atoms with Crippen LogP contribution in [0.1, 0.15) is 5.69 Å². The highest BCUT2D eigenvalue weighted by molar-refractivity contribution is 5.85. The van der Waals surface area contributed by atoms with Crippen molar-refractivity contribution in [3.8, 4) is 0 Å². The Kier molecular flexibility index (Phi) is 7.90. The Bertz CT molecular complexity index is 253. The molecule has 1 N–H and O–H groups in total. The number of halogens is 2. The number of pyridine rings is 1. The molecule has 0 spiro atoms. The predicted molar refractivity (Wildman–Crippen MR) is 51.5 cm³/mol. The predicted octanol–water partition coefficient (Wildman–Crippen LogP) is 1.16. The fraction of sp³-hybridized carbons (Fsp3) is 0.143. The van der Waals surface area contributed by atoms with Crippen LogP contribution in [0.2, 0.25) is 0 Å². The SMILES string of the molecule is C[n+]1ccccc1/C=N/O.Cl.Cl. The Balaban J connectivity index is 0. The summed E-state index contributed by atoms with van der Waals surface area (Å²) < 4.78 is 1.86. The quantitative estimate of drug-likeness (QED) is 0.321. The van der Waals surface area contributed by atoms with Gasteiger partial charge in [-0.15, -0.1) is 24.8 Å². The molecule has 0 aromatic carbocycles. The lowest BCUT2D eigenvalue weighted by Crippen LogP contribution is -2.32. The van der Waals surface area contributed by atoms with Crippen LogP contribution in [-0.2, 0) is 7.05 Å². The first-order valence-corrected chi connectivity index (χ1v) is 2.96. The molecule has 5 heteroatoms. The number of rotatable bonds is 1. The Morgan fingerprint density at radius 1 is 1.42 bits per heavy atom. The zero-order valence-corrected chi connectivity index (χ0v) is 8.18. The lowest BCUT2D eigenvalue weighted by molar-refractivity contribution is -0.672. The van der Waals surface area contributed by atoms with Crippen molar-refractivity contribution in [3.63, 3.8) is 0 Å². The summed E-state index contributed by atoms with van der Waals surface area (Å²) >= 11 is 0. The summed E-state index contributed by atoms with van der Waals surface area (Å²) in [5.74, 6) is 0. The molecule has 0 amide bonds. The van der Waals surface area contributed by atoms with Gasteiger partial charge < -0.3 is 5.21 Å². The van der Waals surface area contributed by atoms with Crippen LogP contribution in [0.3, 0.4) is 0 Å². The molecule has 0 saturated carbocycles. The normalized spacial score (nSPS) is 8.75. The maximum absolute atomic E-state index is 8.20. The molecular weight excluding hydrogens is 199 g/mol. The van der Waals surface area contributed by atoms with E-state index in [2.05, 4.69) is 5.16 Å². The fourth-order valence-corrected chi connectivity index (χ4v) is 0.730. The molecule has 1 aromatic heterocycles. The molecule has 0 atom stereocenters. The molecule has 0 bridgehead atoms. The van der Waals surface area contributed by atoms with Crippen LogP contribution in [0.5, 0.6) is 0 Å². The Morgan fingerprint density at radius 2 is 2.08 bits per heavy atom. The van der Waals surface area contributed by atoms with E-state index in [1.807, 2.05) is 36.0 Å². The summed E-state index contributed by atoms with van der Waals surface area (Å²) in [6.07, 6.45) is 3.27. The fourth-order valence-electron chi connectivity index (χ4n) is 0.730. The molecule has 0 aliphatic heterocycles. The van der Waals surface area contributed by atoms with E-state index in [4.69, 9.17) is 5.21 Å². The summed E-state index contributed by atoms with van der Waals surface area (Å²) in [6.45, 7) is 0. The van der Waals surface area contributed by atoms with Crippen LogP contribution in [0.4, 0.5) is 0 Å². The molecule has 0 radical (unpaired) electrons. The second-order valence-corrected chi connectivity index (χ2v) is 1.98. The average molecular weight is 210 g/mol. The molecule has 68 valence electrons. The minimum absolute atomic E-state index is 0. The highest BCUT2D eigenvalue weighted by Crippen LogP contribution is 1.84. The molecule has 0 unspecified atom stereocenters. The van der Waals surface area contributed by atoms with Gasteiger partial charge in [-0.2, -0.15) is 0 Å². The lowest BCUT2D eigenvalue weighted by atomic mass is 10.4. The monoisotopic (exact) mass is 209 g/mol. The molecule has 0 fully saturated rings. The van der Waals surface area contributed by atoms with Crippen molar-refractivity contribution in [2.24, 2.45) is 12.2 Å². The van der Waals surface area contributed by atoms with Gasteiger partial charge in [0.25, 0.3) is 0 Å². The van der Waals surface area contributed by atoms with Crippen molar-refractivity contribution < 1.29 is 9.77 Å². The third kappa shape index (κ3) is 3.55. The third-order valence-corrected chi connectivity index (χ3v) is 1.29. The Labute approximate surface area is 83.5 Å². The molecule has 12 heavy (non-hydrogen) atoms. The Morgan fingerprint density at radius 3 is 2.58 bits per heavy atom. The topological polar surface area (TPSA) is 36.5 Å². The standard InChI is InChI=1S/C7H8N2O.2ClH/c1-9-5-3-2-4-7(9)6-8-10;;/h2-6H,1H3;2*1H/p+1. The Hall–Kier alpha value is -0.800. The van der Waals surface area contributed by atoms with Gasteiger partial charge in [0.15, 0.2) is 6.20 Å². The second kappa shape index (κ2) is 6.88. The molecule has 0 aliphatic carbocycles. The van der Waals surface area contributed by atoms with Gasteiger partial charge in [-0.05, 0) is 6.07 Å². The minimum Gasteiger partial charge on any atom is -0.411 e. The summed E-state index contributed by atoms with van der Waals surface area (Å²) in [5, 5.41) is 11.1. The molecule has 0 aliphatic rings. The van der Waals surface area contributed by atoms with E-state index >= 15 is 0 Å². The smallest absolute Gasteiger partial charge is 0.226 e. The first-order chi connectivity index (χ1) is 4.84. The van der Waals surface area contributed by atoms with Crippen molar-refractivity contribution in [1.82, 2.24) is 0 Å². The molecule has 3 nitrogen and oxygen atoms in total. The van der Waals surface area contributed by atoms with E-state index in [1.165, 1.54) is 6.21 Å². The maximum Gasteiger partial charge on any atom is 0.226 e. The van der Waals surface area contributed by atoms with Crippen molar-refractivity contribution in [2.45, 2.75) is 0 Å². The van der Waals surface area contributed by atoms with Crippen molar-refractivity contribution in [3.05, 3.63) is 30.1 Å². The van der Waals surface area contributed by atoms with Gasteiger partial charge in [0.2, 0.25) is 5.69 Å². The molecule has 1 aromatic rings. The number of aryl methyl sites for hydroxylation is 1. The van der Waals surface area contributed by atoms with Crippen LogP contribution < -0.4 is 4.57 Å². The molecular formula is C7H11Cl2N2O+. The highest BCUT2D eigenvalue weighted by Gasteiger charge is 1.98. The summed E-state index contributed by atoms with van der Waals surface area (Å²) in [5.41, 5.74) is 0.866. The van der Waals surface area contributed by atoms with Gasteiger partial charge in [-0.25, -0.2) is 4.57 Å². The van der Waals surface area contributed by atoms with Crippen LogP contribution in [0, 0.1) is 0 Å². The first-order valence-electron chi connectivity index (χ1n) is 2.96. The van der Waals surface area contributed by atoms with Gasteiger partial charge in [0.05, 0.1) is 0 Å². The summed E-state index contributed by atoms with van der Waals surface area (Å²) in [4.78, 5) is 0. The van der Waals surface area contributed by atoms with E-state index in [-0.39, 0.29) is 24.8 Å². The minimum atomic E-state index is 0. The zero-order chi connectivity index (χ0) is 7.40. The molecule has 1 heterocycles. The van der Waals surface area contributed by atoms with Gasteiger partial charge >= 0.3 is 0 Å². The second-order valence-electron chi connectivity index (χ2n) is 1.98. The molecule has 1 rings (SSSR count). The number of hydrogen-bond acceptors (Lipinski definition) is 2. The van der Waals surface area contributed by atoms with E-state index < -0.39 is 0 Å². The van der Waals surface area contributed by atoms with Gasteiger partial charge in [0, 0.05) is 12.1 Å². The van der Waals surface area contributed by atoms with Crippen LogP contribution in [0.15, 0.2) is 29.6 Å². The number of hydrogen-bond donors (Lipinski definition) is 1. The van der Waals surface area contributed by atoms with E-state index in [0.717, 1.165) is 5.69 Å². The molecule has 0 saturated heterocycles. The van der Waals surface area contributed by atoms with E-state index in [9.17, 15) is 0 Å². The lowest BCUT2D eigenvalue weighted by Gasteiger charge is -1.88. The third-order valence-electron chi connectivity index (χ3n) is 1.29. The summed E-state index contributed by atoms with van der Waals surface area (Å²) in [6, 6.07) is 5.66. The average Bonchev–Trinajstić information content (AvgIpc) is 1.94. The van der Waals surface area contributed by atoms with E-state index in [1.54, 1.807) is 0 Å². The first kappa shape index (κ1) is 13.8. The van der Waals surface area contributed by atoms with Gasteiger partial charge in [0.1, 0.15) is 13.3 Å². The number of nitrogens with zero attached hydrogens (tertiary/aromatic N) is 2. The summed E-state index contributed by atoms with van der Waals surface area (Å²) in [7, 11) is 1.89. The van der Waals surface area contributed by atoms with Gasteiger partial charge in [-0.1, -0.05) is 5.16 Å². The maximum atomic E-state index is 8.20. The highest BCUT2D eigenvalue weighted by atomic mass is 35.5. The number of oxime groups is 1. The van der Waals surface area contributed by atoms with Crippen molar-refractivity contribution >= 4 is 31.0 Å². The zero-order valence-electron chi connectivity index (χ0n) is 6.54. The van der Waals surface area contributed by atoms with E-state index in [0.29, 0.717) is 0 Å². The van der Waals surface area contributed by atoms with Crippen LogP contribution in [-0.4, -0.2) is 11.4 Å². The number of aromatic nitrogens is 1. The van der Waals surface area contributed by atoms with Crippen molar-refractivity contribution in [1.29, 1.82) is 0 Å². The van der Waals surface area contributed by atoms with Gasteiger partial charge in [-0.3, -0.25) is 0 Å². The van der Waals surface area contributed by atoms with Crippen molar-refractivity contribution in [2.75, 3.05) is 0 Å². The van der Waals surface area contributed by atoms with Crippen LogP contribution in [0.25, 0.3) is 0 Å².